The van der Waals surface area contributed by atoms with E-state index >= 15 is 0 Å². The van der Waals surface area contributed by atoms with Crippen LogP contribution in [0.15, 0.2) is 78.4 Å². The molecule has 1 N–H and O–H groups in total. The molecular formula is C26H22ClNO5. The monoisotopic (exact) mass is 463 g/mol. The molecule has 0 spiro atoms. The number of amides is 1. The van der Waals surface area contributed by atoms with E-state index in [1.54, 1.807) is 66.7 Å². The Morgan fingerprint density at radius 3 is 2.48 bits per heavy atom. The Morgan fingerprint density at radius 2 is 1.79 bits per heavy atom. The van der Waals surface area contributed by atoms with E-state index in [1.165, 1.54) is 12.0 Å². The number of methoxy groups -OCH3 is 1. The fourth-order valence-corrected chi connectivity index (χ4v) is 4.06. The minimum Gasteiger partial charge on any atom is -0.507 e. The molecule has 6 nitrogen and oxygen atoms in total. The largest absolute Gasteiger partial charge is 0.507 e. The molecule has 1 aliphatic heterocycles. The molecular weight excluding hydrogens is 442 g/mol. The molecule has 7 heteroatoms. The summed E-state index contributed by atoms with van der Waals surface area (Å²) in [6.07, 6.45) is 0. The number of hydrogen-bond acceptors (Lipinski definition) is 5. The van der Waals surface area contributed by atoms with Crippen LogP contribution in [-0.2, 0) is 9.59 Å². The van der Waals surface area contributed by atoms with Gasteiger partial charge in [0.15, 0.2) is 0 Å². The number of rotatable bonds is 6. The predicted molar refractivity (Wildman–Crippen MR) is 127 cm³/mol. The number of halogens is 1. The summed E-state index contributed by atoms with van der Waals surface area (Å²) in [5.41, 5.74) is 1.46. The van der Waals surface area contributed by atoms with Gasteiger partial charge in [-0.1, -0.05) is 41.9 Å². The third-order valence-electron chi connectivity index (χ3n) is 5.39. The van der Waals surface area contributed by atoms with Crippen molar-refractivity contribution in [3.63, 3.8) is 0 Å². The van der Waals surface area contributed by atoms with E-state index in [9.17, 15) is 14.7 Å². The Kier molecular flexibility index (Phi) is 6.38. The van der Waals surface area contributed by atoms with Crippen molar-refractivity contribution in [1.82, 2.24) is 0 Å². The highest BCUT2D eigenvalue weighted by Crippen LogP contribution is 2.43. The van der Waals surface area contributed by atoms with Gasteiger partial charge in [-0.25, -0.2) is 0 Å². The number of carbonyl (C=O) groups is 2. The first-order valence-corrected chi connectivity index (χ1v) is 10.8. The summed E-state index contributed by atoms with van der Waals surface area (Å²) < 4.78 is 10.9. The molecule has 0 bridgehead atoms. The first-order chi connectivity index (χ1) is 16.0. The minimum atomic E-state index is -0.853. The van der Waals surface area contributed by atoms with E-state index in [0.29, 0.717) is 39.9 Å². The van der Waals surface area contributed by atoms with Crippen molar-refractivity contribution in [2.24, 2.45) is 0 Å². The second-order valence-corrected chi connectivity index (χ2v) is 7.77. The van der Waals surface area contributed by atoms with Crippen LogP contribution in [0.3, 0.4) is 0 Å². The Labute approximate surface area is 196 Å². The van der Waals surface area contributed by atoms with Gasteiger partial charge in [0.05, 0.1) is 30.4 Å². The molecule has 0 aromatic heterocycles. The fourth-order valence-electron chi connectivity index (χ4n) is 3.89. The average Bonchev–Trinajstić information content (AvgIpc) is 3.11. The Morgan fingerprint density at radius 1 is 1.03 bits per heavy atom. The van der Waals surface area contributed by atoms with Crippen LogP contribution in [0.5, 0.6) is 11.5 Å². The van der Waals surface area contributed by atoms with Crippen molar-refractivity contribution in [2.75, 3.05) is 18.6 Å². The maximum Gasteiger partial charge on any atom is 0.300 e. The summed E-state index contributed by atoms with van der Waals surface area (Å²) >= 11 is 6.19. The molecule has 1 saturated heterocycles. The lowest BCUT2D eigenvalue weighted by molar-refractivity contribution is -0.132. The molecule has 1 heterocycles. The second kappa shape index (κ2) is 9.38. The van der Waals surface area contributed by atoms with E-state index in [1.807, 2.05) is 13.0 Å². The number of nitrogens with zero attached hydrogens (tertiary/aromatic N) is 1. The molecule has 3 aromatic carbocycles. The Bertz CT molecular complexity index is 1240. The molecule has 3 aromatic rings. The average molecular weight is 464 g/mol. The van der Waals surface area contributed by atoms with Gasteiger partial charge in [0.1, 0.15) is 17.3 Å². The lowest BCUT2D eigenvalue weighted by Crippen LogP contribution is -2.29. The zero-order chi connectivity index (χ0) is 23.5. The number of hydrogen-bond donors (Lipinski definition) is 1. The van der Waals surface area contributed by atoms with Crippen molar-refractivity contribution >= 4 is 34.7 Å². The van der Waals surface area contributed by atoms with Crippen molar-refractivity contribution in [3.8, 4) is 11.5 Å². The third kappa shape index (κ3) is 4.17. The van der Waals surface area contributed by atoms with Crippen molar-refractivity contribution in [2.45, 2.75) is 13.0 Å². The fraction of sp³-hybridized carbons (Fsp3) is 0.154. The van der Waals surface area contributed by atoms with Crippen LogP contribution < -0.4 is 14.4 Å². The number of aliphatic hydroxyl groups excluding tert-OH is 1. The molecule has 168 valence electrons. The van der Waals surface area contributed by atoms with Crippen LogP contribution >= 0.6 is 11.6 Å². The number of aliphatic hydroxyl groups is 1. The van der Waals surface area contributed by atoms with Gasteiger partial charge in [0.2, 0.25) is 0 Å². The van der Waals surface area contributed by atoms with Gasteiger partial charge in [-0.15, -0.1) is 0 Å². The highest BCUT2D eigenvalue weighted by atomic mass is 35.5. The molecule has 0 saturated carbocycles. The summed E-state index contributed by atoms with van der Waals surface area (Å²) in [5, 5.41) is 11.6. The topological polar surface area (TPSA) is 76.1 Å². The van der Waals surface area contributed by atoms with Crippen LogP contribution in [0, 0.1) is 0 Å². The number of benzene rings is 3. The summed E-state index contributed by atoms with van der Waals surface area (Å²) in [4.78, 5) is 27.8. The van der Waals surface area contributed by atoms with Crippen LogP contribution in [0.2, 0.25) is 5.02 Å². The van der Waals surface area contributed by atoms with Gasteiger partial charge in [0, 0.05) is 11.3 Å². The maximum atomic E-state index is 13.2. The summed E-state index contributed by atoms with van der Waals surface area (Å²) in [7, 11) is 1.54. The van der Waals surface area contributed by atoms with E-state index < -0.39 is 17.7 Å². The second-order valence-electron chi connectivity index (χ2n) is 7.36. The summed E-state index contributed by atoms with van der Waals surface area (Å²) in [6.45, 7) is 2.20. The van der Waals surface area contributed by atoms with Gasteiger partial charge >= 0.3 is 0 Å². The van der Waals surface area contributed by atoms with Crippen LogP contribution in [0.25, 0.3) is 5.76 Å². The van der Waals surface area contributed by atoms with Gasteiger partial charge in [-0.2, -0.15) is 0 Å². The SMILES string of the molecule is CCOc1cc(/C(O)=C2/C(=O)C(=O)N(c3ccccc3)C2c2cccc(OC)c2)ccc1Cl. The standard InChI is InChI=1S/C26H22ClNO5/c1-3-33-21-15-17(12-13-20(21)27)24(29)22-23(16-8-7-11-19(14-16)32-2)28(26(31)25(22)30)18-9-5-4-6-10-18/h4-15,23,29H,3H2,1-2H3/b24-22-. The first kappa shape index (κ1) is 22.4. The maximum absolute atomic E-state index is 13.2. The number of ether oxygens (including phenoxy) is 2. The predicted octanol–water partition coefficient (Wildman–Crippen LogP) is 5.37. The molecule has 1 amide bonds. The van der Waals surface area contributed by atoms with E-state index in [2.05, 4.69) is 0 Å². The molecule has 1 unspecified atom stereocenters. The van der Waals surface area contributed by atoms with E-state index in [0.717, 1.165) is 0 Å². The smallest absolute Gasteiger partial charge is 0.300 e. The first-order valence-electron chi connectivity index (χ1n) is 10.4. The number of carbonyl (C=O) groups excluding carboxylic acids is 2. The summed E-state index contributed by atoms with van der Waals surface area (Å²) in [5.74, 6) is -0.876. The van der Waals surface area contributed by atoms with Crippen LogP contribution in [-0.4, -0.2) is 30.5 Å². The number of anilines is 1. The van der Waals surface area contributed by atoms with Crippen LogP contribution in [0.1, 0.15) is 24.1 Å². The molecule has 4 rings (SSSR count). The lowest BCUT2D eigenvalue weighted by atomic mass is 9.95. The number of ketones is 1. The van der Waals surface area contributed by atoms with Crippen molar-refractivity contribution < 1.29 is 24.2 Å². The highest BCUT2D eigenvalue weighted by Gasteiger charge is 2.47. The normalized spacial score (nSPS) is 17.3. The van der Waals surface area contributed by atoms with Gasteiger partial charge in [0.25, 0.3) is 11.7 Å². The van der Waals surface area contributed by atoms with Crippen LogP contribution in [0.4, 0.5) is 5.69 Å². The summed E-state index contributed by atoms with van der Waals surface area (Å²) in [6, 6.07) is 19.8. The van der Waals surface area contributed by atoms with Gasteiger partial charge in [-0.3, -0.25) is 14.5 Å². The number of para-hydroxylation sites is 1. The minimum absolute atomic E-state index is 0.0260. The van der Waals surface area contributed by atoms with Crippen molar-refractivity contribution in [3.05, 3.63) is 94.5 Å². The highest BCUT2D eigenvalue weighted by molar-refractivity contribution is 6.51. The molecule has 1 fully saturated rings. The molecule has 1 aliphatic rings. The molecule has 0 aliphatic carbocycles. The molecule has 33 heavy (non-hydrogen) atoms. The van der Waals surface area contributed by atoms with E-state index in [-0.39, 0.29) is 11.3 Å². The zero-order valence-electron chi connectivity index (χ0n) is 18.1. The number of Topliss-reactive ketones (excluding diaryl/α,β-unsaturated/α-hetero) is 1. The van der Waals surface area contributed by atoms with Crippen molar-refractivity contribution in [1.29, 1.82) is 0 Å². The van der Waals surface area contributed by atoms with Gasteiger partial charge in [-0.05, 0) is 55.0 Å². The quantitative estimate of drug-likeness (QED) is 0.302. The zero-order valence-corrected chi connectivity index (χ0v) is 18.9. The van der Waals surface area contributed by atoms with Gasteiger partial charge < -0.3 is 14.6 Å². The molecule has 1 atom stereocenters. The Hall–Kier alpha value is -3.77. The molecule has 0 radical (unpaired) electrons. The lowest BCUT2D eigenvalue weighted by Gasteiger charge is -2.25. The van der Waals surface area contributed by atoms with E-state index in [4.69, 9.17) is 21.1 Å². The Balaban J connectivity index is 1.94. The third-order valence-corrected chi connectivity index (χ3v) is 5.71.